The van der Waals surface area contributed by atoms with Crippen molar-refractivity contribution in [1.29, 1.82) is 0 Å². The molecule has 10 heteroatoms. The second-order valence-electron chi connectivity index (χ2n) is 7.34. The van der Waals surface area contributed by atoms with Gasteiger partial charge in [0.2, 0.25) is 0 Å². The number of fused-ring (bicyclic) bond motifs is 1. The molecule has 33 heavy (non-hydrogen) atoms. The fourth-order valence-electron chi connectivity index (χ4n) is 3.43. The second kappa shape index (κ2) is 10.0. The molecule has 1 aromatic carbocycles. The number of hydrogen-bond donors (Lipinski definition) is 3. The van der Waals surface area contributed by atoms with E-state index in [-0.39, 0.29) is 5.56 Å². The van der Waals surface area contributed by atoms with Crippen molar-refractivity contribution in [2.75, 3.05) is 26.2 Å². The molecule has 0 radical (unpaired) electrons. The Morgan fingerprint density at radius 2 is 1.91 bits per heavy atom. The molecule has 170 valence electrons. The fourth-order valence-corrected chi connectivity index (χ4v) is 3.43. The van der Waals surface area contributed by atoms with Crippen molar-refractivity contribution < 1.29 is 9.53 Å². The van der Waals surface area contributed by atoms with E-state index in [0.717, 1.165) is 25.2 Å². The summed E-state index contributed by atoms with van der Waals surface area (Å²) >= 11 is 0. The number of ether oxygens (including phenoxy) is 1. The molecule has 1 amide bonds. The van der Waals surface area contributed by atoms with Gasteiger partial charge in [0, 0.05) is 37.1 Å². The molecule has 0 aliphatic carbocycles. The van der Waals surface area contributed by atoms with Crippen LogP contribution in [0.3, 0.4) is 0 Å². The Morgan fingerprint density at radius 1 is 1.12 bits per heavy atom. The van der Waals surface area contributed by atoms with Crippen LogP contribution in [0.4, 0.5) is 4.79 Å². The van der Waals surface area contributed by atoms with Crippen molar-refractivity contribution in [1.82, 2.24) is 35.4 Å². The summed E-state index contributed by atoms with van der Waals surface area (Å²) in [6.07, 6.45) is 2.79. The quantitative estimate of drug-likeness (QED) is 0.379. The van der Waals surface area contributed by atoms with E-state index in [9.17, 15) is 9.59 Å². The van der Waals surface area contributed by atoms with Crippen LogP contribution in [0.25, 0.3) is 33.7 Å². The first kappa shape index (κ1) is 22.2. The molecule has 0 aliphatic heterocycles. The summed E-state index contributed by atoms with van der Waals surface area (Å²) in [6.45, 7) is 7.26. The van der Waals surface area contributed by atoms with Crippen molar-refractivity contribution >= 4 is 17.1 Å². The summed E-state index contributed by atoms with van der Waals surface area (Å²) in [6, 6.07) is 10.4. The molecule has 0 spiro atoms. The first-order valence-corrected chi connectivity index (χ1v) is 10.8. The highest BCUT2D eigenvalue weighted by Gasteiger charge is 2.13. The Kier molecular flexibility index (Phi) is 6.75. The third-order valence-corrected chi connectivity index (χ3v) is 5.29. The number of likely N-dealkylation sites (N-methyl/N-ethyl adjacent to an activating group) is 1. The van der Waals surface area contributed by atoms with E-state index in [1.165, 1.54) is 0 Å². The molecule has 4 aromatic rings. The lowest BCUT2D eigenvalue weighted by Gasteiger charge is -2.17. The predicted octanol–water partition coefficient (Wildman–Crippen LogP) is 2.81. The lowest BCUT2D eigenvalue weighted by atomic mass is 10.1. The number of carbonyl (C=O) groups is 1. The van der Waals surface area contributed by atoms with Crippen LogP contribution < -0.4 is 15.6 Å². The number of H-pyrrole nitrogens is 2. The zero-order chi connectivity index (χ0) is 23.2. The van der Waals surface area contributed by atoms with E-state index in [4.69, 9.17) is 4.74 Å². The topological polar surface area (TPSA) is 129 Å². The number of aromatic amines is 2. The Balaban J connectivity index is 1.51. The van der Waals surface area contributed by atoms with Crippen LogP contribution in [0.5, 0.6) is 5.75 Å². The molecule has 3 N–H and O–H groups in total. The molecule has 0 unspecified atom stereocenters. The number of imidazole rings is 1. The highest BCUT2D eigenvalue weighted by Crippen LogP contribution is 2.24. The van der Waals surface area contributed by atoms with Gasteiger partial charge in [-0.15, -0.1) is 0 Å². The van der Waals surface area contributed by atoms with Gasteiger partial charge in [-0.3, -0.25) is 9.78 Å². The number of hydrogen-bond acceptors (Lipinski definition) is 7. The van der Waals surface area contributed by atoms with Gasteiger partial charge < -0.3 is 19.9 Å². The van der Waals surface area contributed by atoms with Gasteiger partial charge >= 0.3 is 6.09 Å². The molecule has 0 aliphatic rings. The van der Waals surface area contributed by atoms with E-state index < -0.39 is 6.09 Å². The molecule has 10 nitrogen and oxygen atoms in total. The third-order valence-electron chi connectivity index (χ3n) is 5.29. The number of nitrogens with zero attached hydrogens (tertiary/aromatic N) is 4. The summed E-state index contributed by atoms with van der Waals surface area (Å²) in [5.74, 6) is 0.756. The monoisotopic (exact) mass is 447 g/mol. The van der Waals surface area contributed by atoms with Gasteiger partial charge in [0.25, 0.3) is 5.56 Å². The maximum absolute atomic E-state index is 12.4. The summed E-state index contributed by atoms with van der Waals surface area (Å²) in [5, 5.41) is 9.37. The van der Waals surface area contributed by atoms with Crippen LogP contribution in [0.2, 0.25) is 0 Å². The molecule has 0 fully saturated rings. The molecule has 4 rings (SSSR count). The lowest BCUT2D eigenvalue weighted by Crippen LogP contribution is -2.36. The number of nitrogens with one attached hydrogen (secondary N) is 3. The largest absolute Gasteiger partial charge is 0.412 e. The number of benzene rings is 1. The van der Waals surface area contributed by atoms with Gasteiger partial charge in [0.15, 0.2) is 0 Å². The molecule has 0 bridgehead atoms. The standard InChI is InChI=1S/C23H25N7O3/c1-3-30(4-2)12-11-25-23(32)33-16-5-6-18-20(13-16)27-21(26-18)17-14-19(28-29-22(17)31)15-7-9-24-10-8-15/h5-10,13-14H,3-4,11-12H2,1-2H3,(H,25,32)(H,26,27)(H,29,31). The van der Waals surface area contributed by atoms with Gasteiger partial charge in [0.1, 0.15) is 11.6 Å². The van der Waals surface area contributed by atoms with Gasteiger partial charge in [-0.2, -0.15) is 5.10 Å². The van der Waals surface area contributed by atoms with Crippen molar-refractivity contribution in [2.24, 2.45) is 0 Å². The minimum atomic E-state index is -0.523. The smallest absolute Gasteiger partial charge is 0.410 e. The highest BCUT2D eigenvalue weighted by molar-refractivity contribution is 5.82. The SMILES string of the molecule is CCN(CC)CCNC(=O)Oc1ccc2[nH]c(-c3cc(-c4ccncc4)n[nH]c3=O)nc2c1. The molecular weight excluding hydrogens is 422 g/mol. The van der Waals surface area contributed by atoms with Crippen LogP contribution in [0.15, 0.2) is 53.6 Å². The maximum Gasteiger partial charge on any atom is 0.412 e. The van der Waals surface area contributed by atoms with Crippen LogP contribution >= 0.6 is 0 Å². The normalized spacial score (nSPS) is 11.1. The van der Waals surface area contributed by atoms with Crippen LogP contribution in [-0.4, -0.2) is 62.3 Å². The van der Waals surface area contributed by atoms with Crippen LogP contribution in [0, 0.1) is 0 Å². The first-order chi connectivity index (χ1) is 16.1. The molecular formula is C23H25N7O3. The van der Waals surface area contributed by atoms with Crippen molar-refractivity contribution in [3.05, 3.63) is 59.1 Å². The lowest BCUT2D eigenvalue weighted by molar-refractivity contribution is 0.197. The summed E-state index contributed by atoms with van der Waals surface area (Å²) in [5.41, 5.74) is 2.68. The maximum atomic E-state index is 12.4. The zero-order valence-corrected chi connectivity index (χ0v) is 18.5. The molecule has 0 saturated carbocycles. The van der Waals surface area contributed by atoms with Crippen molar-refractivity contribution in [3.63, 3.8) is 0 Å². The Hall–Kier alpha value is -4.05. The first-order valence-electron chi connectivity index (χ1n) is 10.8. The average molecular weight is 447 g/mol. The minimum Gasteiger partial charge on any atom is -0.410 e. The Bertz CT molecular complexity index is 1300. The van der Waals surface area contributed by atoms with Crippen LogP contribution in [-0.2, 0) is 0 Å². The molecule has 3 aromatic heterocycles. The summed E-state index contributed by atoms with van der Waals surface area (Å²) in [4.78, 5) is 38.4. The van der Waals surface area contributed by atoms with Crippen molar-refractivity contribution in [3.8, 4) is 28.4 Å². The average Bonchev–Trinajstić information content (AvgIpc) is 3.26. The molecule has 3 heterocycles. The van der Waals surface area contributed by atoms with Gasteiger partial charge in [0.05, 0.1) is 22.3 Å². The van der Waals surface area contributed by atoms with E-state index in [1.54, 1.807) is 48.8 Å². The van der Waals surface area contributed by atoms with Gasteiger partial charge in [-0.25, -0.2) is 14.9 Å². The number of aromatic nitrogens is 5. The fraction of sp³-hybridized carbons (Fsp3) is 0.261. The Labute approximate surface area is 190 Å². The minimum absolute atomic E-state index is 0.352. The van der Waals surface area contributed by atoms with E-state index >= 15 is 0 Å². The van der Waals surface area contributed by atoms with Gasteiger partial charge in [-0.05, 0) is 43.4 Å². The zero-order valence-electron chi connectivity index (χ0n) is 18.5. The summed E-state index contributed by atoms with van der Waals surface area (Å²) < 4.78 is 5.38. The Morgan fingerprint density at radius 3 is 2.67 bits per heavy atom. The number of amides is 1. The predicted molar refractivity (Wildman–Crippen MR) is 125 cm³/mol. The number of rotatable bonds is 8. The molecule has 0 atom stereocenters. The van der Waals surface area contributed by atoms with Crippen LogP contribution in [0.1, 0.15) is 13.8 Å². The number of carbonyl (C=O) groups excluding carboxylic acids is 1. The third kappa shape index (κ3) is 5.24. The number of pyridine rings is 1. The highest BCUT2D eigenvalue weighted by atomic mass is 16.6. The van der Waals surface area contributed by atoms with E-state index in [0.29, 0.717) is 40.4 Å². The molecule has 0 saturated heterocycles. The summed E-state index contributed by atoms with van der Waals surface area (Å²) in [7, 11) is 0. The van der Waals surface area contributed by atoms with E-state index in [1.807, 2.05) is 0 Å². The second-order valence-corrected chi connectivity index (χ2v) is 7.34. The van der Waals surface area contributed by atoms with Crippen molar-refractivity contribution in [2.45, 2.75) is 13.8 Å². The van der Waals surface area contributed by atoms with Gasteiger partial charge in [-0.1, -0.05) is 13.8 Å². The van der Waals surface area contributed by atoms with E-state index in [2.05, 4.69) is 49.2 Å².